The molecule has 7 heteroatoms. The third-order valence-corrected chi connectivity index (χ3v) is 1.60. The van der Waals surface area contributed by atoms with Crippen LogP contribution in [0.5, 0.6) is 0 Å². The zero-order chi connectivity index (χ0) is 12.2. The van der Waals surface area contributed by atoms with Crippen molar-refractivity contribution in [3.63, 3.8) is 0 Å². The van der Waals surface area contributed by atoms with Crippen molar-refractivity contribution < 1.29 is 13.2 Å². The maximum atomic E-state index is 12.5. The second kappa shape index (κ2) is 4.65. The molecule has 0 fully saturated rings. The average Bonchev–Trinajstić information content (AvgIpc) is 2.25. The van der Waals surface area contributed by atoms with Gasteiger partial charge in [-0.3, -0.25) is 0 Å². The van der Waals surface area contributed by atoms with E-state index >= 15 is 0 Å². The molecule has 0 spiro atoms. The van der Waals surface area contributed by atoms with Crippen LogP contribution in [0.3, 0.4) is 0 Å². The monoisotopic (exact) mass is 230 g/mol. The summed E-state index contributed by atoms with van der Waals surface area (Å²) in [6.45, 7) is 0. The molecule has 0 unspecified atom stereocenters. The van der Waals surface area contributed by atoms with E-state index < -0.39 is 17.6 Å². The lowest BCUT2D eigenvalue weighted by Crippen LogP contribution is -2.29. The first-order valence-corrected chi connectivity index (χ1v) is 4.20. The van der Waals surface area contributed by atoms with Crippen LogP contribution in [-0.4, -0.2) is 16.9 Å². The molecule has 0 radical (unpaired) electrons. The summed E-state index contributed by atoms with van der Waals surface area (Å²) in [5, 5.41) is 0. The standard InChI is InChI=1S/C9H9F3N4/c10-9(11,12)8(6(14)5-13)16-7-3-1-2-4-15-7/h1-5H,13-14H2. The molecule has 0 aliphatic heterocycles. The van der Waals surface area contributed by atoms with Gasteiger partial charge >= 0.3 is 6.18 Å². The summed E-state index contributed by atoms with van der Waals surface area (Å²) in [7, 11) is 0. The Bertz CT molecular complexity index is 409. The average molecular weight is 230 g/mol. The van der Waals surface area contributed by atoms with Crippen molar-refractivity contribution >= 4 is 11.5 Å². The number of halogens is 3. The van der Waals surface area contributed by atoms with E-state index in [1.807, 2.05) is 0 Å². The summed E-state index contributed by atoms with van der Waals surface area (Å²) in [4.78, 5) is 6.95. The van der Waals surface area contributed by atoms with Gasteiger partial charge in [-0.1, -0.05) is 6.07 Å². The van der Waals surface area contributed by atoms with Crippen molar-refractivity contribution in [2.24, 2.45) is 16.5 Å². The molecule has 0 aromatic carbocycles. The predicted octanol–water partition coefficient (Wildman–Crippen LogP) is 1.48. The van der Waals surface area contributed by atoms with E-state index in [9.17, 15) is 13.2 Å². The van der Waals surface area contributed by atoms with Crippen LogP contribution < -0.4 is 11.5 Å². The highest BCUT2D eigenvalue weighted by molar-refractivity contribution is 6.04. The van der Waals surface area contributed by atoms with E-state index in [-0.39, 0.29) is 5.82 Å². The van der Waals surface area contributed by atoms with Crippen LogP contribution >= 0.6 is 0 Å². The van der Waals surface area contributed by atoms with Gasteiger partial charge in [0.25, 0.3) is 0 Å². The molecule has 0 aliphatic rings. The summed E-state index contributed by atoms with van der Waals surface area (Å²) in [5.74, 6) is -0.0837. The number of rotatable bonds is 2. The number of hydrogen-bond donors (Lipinski definition) is 2. The Kier molecular flexibility index (Phi) is 3.49. The van der Waals surface area contributed by atoms with Crippen LogP contribution in [-0.2, 0) is 0 Å². The molecule has 1 aromatic rings. The Morgan fingerprint density at radius 3 is 2.50 bits per heavy atom. The van der Waals surface area contributed by atoms with Gasteiger partial charge in [0.2, 0.25) is 0 Å². The molecule has 0 atom stereocenters. The van der Waals surface area contributed by atoms with Gasteiger partial charge in [-0.25, -0.2) is 9.98 Å². The number of aromatic nitrogens is 1. The summed E-state index contributed by atoms with van der Waals surface area (Å²) in [5.41, 5.74) is 8.15. The van der Waals surface area contributed by atoms with Crippen molar-refractivity contribution in [3.05, 3.63) is 36.3 Å². The first-order chi connectivity index (χ1) is 7.45. The number of alkyl halides is 3. The SMILES string of the molecule is NC=C(N)C(=Nc1ccccn1)C(F)(F)F. The normalized spacial score (nSPS) is 13.9. The van der Waals surface area contributed by atoms with Crippen LogP contribution in [0.2, 0.25) is 0 Å². The highest BCUT2D eigenvalue weighted by Crippen LogP contribution is 2.22. The van der Waals surface area contributed by atoms with E-state index in [2.05, 4.69) is 9.98 Å². The van der Waals surface area contributed by atoms with Crippen molar-refractivity contribution in [2.45, 2.75) is 6.18 Å². The summed E-state index contributed by atoms with van der Waals surface area (Å²) >= 11 is 0. The first-order valence-electron chi connectivity index (χ1n) is 4.20. The fraction of sp³-hybridized carbons (Fsp3) is 0.111. The molecular formula is C9H9F3N4. The van der Waals surface area contributed by atoms with Crippen molar-refractivity contribution in [3.8, 4) is 0 Å². The van der Waals surface area contributed by atoms with Crippen LogP contribution in [0.25, 0.3) is 0 Å². The molecule has 4 nitrogen and oxygen atoms in total. The van der Waals surface area contributed by atoms with Crippen LogP contribution in [0.15, 0.2) is 41.3 Å². The Morgan fingerprint density at radius 1 is 1.38 bits per heavy atom. The maximum absolute atomic E-state index is 12.5. The zero-order valence-corrected chi connectivity index (χ0v) is 8.07. The van der Waals surface area contributed by atoms with Crippen LogP contribution in [0.1, 0.15) is 0 Å². The van der Waals surface area contributed by atoms with E-state index in [4.69, 9.17) is 11.5 Å². The highest BCUT2D eigenvalue weighted by Gasteiger charge is 2.37. The Labute approximate surface area is 89.5 Å². The molecule has 1 heterocycles. The van der Waals surface area contributed by atoms with Gasteiger partial charge in [-0.2, -0.15) is 13.2 Å². The van der Waals surface area contributed by atoms with Gasteiger partial charge in [0.15, 0.2) is 11.5 Å². The maximum Gasteiger partial charge on any atom is 0.435 e. The highest BCUT2D eigenvalue weighted by atomic mass is 19.4. The fourth-order valence-electron chi connectivity index (χ4n) is 0.905. The molecule has 0 amide bonds. The number of allylic oxidation sites excluding steroid dienone is 1. The van der Waals surface area contributed by atoms with E-state index in [0.717, 1.165) is 0 Å². The molecule has 0 saturated carbocycles. The second-order valence-corrected chi connectivity index (χ2v) is 2.77. The Balaban J connectivity index is 3.18. The van der Waals surface area contributed by atoms with Crippen molar-refractivity contribution in [2.75, 3.05) is 0 Å². The smallest absolute Gasteiger partial charge is 0.403 e. The first kappa shape index (κ1) is 12.0. The molecule has 86 valence electrons. The zero-order valence-electron chi connectivity index (χ0n) is 8.07. The van der Waals surface area contributed by atoms with Gasteiger partial charge in [-0.15, -0.1) is 0 Å². The van der Waals surface area contributed by atoms with Crippen LogP contribution in [0.4, 0.5) is 19.0 Å². The fourth-order valence-corrected chi connectivity index (χ4v) is 0.905. The van der Waals surface area contributed by atoms with Gasteiger partial charge in [0.05, 0.1) is 5.70 Å². The number of pyridine rings is 1. The summed E-state index contributed by atoms with van der Waals surface area (Å²) < 4.78 is 37.5. The number of aliphatic imine (C=N–C) groups is 1. The number of hydrogen-bond acceptors (Lipinski definition) is 4. The lowest BCUT2D eigenvalue weighted by Gasteiger charge is -2.09. The lowest BCUT2D eigenvalue weighted by molar-refractivity contribution is -0.0582. The van der Waals surface area contributed by atoms with E-state index in [1.165, 1.54) is 18.3 Å². The third kappa shape index (κ3) is 2.97. The molecule has 0 aliphatic carbocycles. The third-order valence-electron chi connectivity index (χ3n) is 1.60. The van der Waals surface area contributed by atoms with Crippen molar-refractivity contribution in [1.29, 1.82) is 0 Å². The molecule has 0 bridgehead atoms. The summed E-state index contributed by atoms with van der Waals surface area (Å²) in [6.07, 6.45) is -2.69. The number of nitrogens with zero attached hydrogens (tertiary/aromatic N) is 2. The van der Waals surface area contributed by atoms with Crippen LogP contribution in [0, 0.1) is 0 Å². The van der Waals surface area contributed by atoms with Crippen molar-refractivity contribution in [1.82, 2.24) is 4.98 Å². The molecule has 16 heavy (non-hydrogen) atoms. The Hall–Kier alpha value is -2.05. The summed E-state index contributed by atoms with van der Waals surface area (Å²) in [6, 6.07) is 4.41. The quantitative estimate of drug-likeness (QED) is 0.755. The van der Waals surface area contributed by atoms with Gasteiger partial charge in [0.1, 0.15) is 0 Å². The van der Waals surface area contributed by atoms with E-state index in [0.29, 0.717) is 6.20 Å². The lowest BCUT2D eigenvalue weighted by atomic mass is 10.3. The molecular weight excluding hydrogens is 221 g/mol. The topological polar surface area (TPSA) is 77.3 Å². The van der Waals surface area contributed by atoms with Gasteiger partial charge in [0, 0.05) is 12.4 Å². The Morgan fingerprint density at radius 2 is 2.06 bits per heavy atom. The minimum atomic E-state index is -4.67. The molecule has 0 saturated heterocycles. The predicted molar refractivity (Wildman–Crippen MR) is 53.8 cm³/mol. The van der Waals surface area contributed by atoms with Gasteiger partial charge in [-0.05, 0) is 12.1 Å². The molecule has 1 rings (SSSR count). The minimum Gasteiger partial charge on any atom is -0.403 e. The number of nitrogens with two attached hydrogens (primary N) is 2. The largest absolute Gasteiger partial charge is 0.435 e. The second-order valence-electron chi connectivity index (χ2n) is 2.77. The molecule has 1 aromatic heterocycles. The molecule has 4 N–H and O–H groups in total. The minimum absolute atomic E-state index is 0.0837. The van der Waals surface area contributed by atoms with E-state index in [1.54, 1.807) is 6.07 Å². The van der Waals surface area contributed by atoms with Gasteiger partial charge < -0.3 is 11.5 Å².